The van der Waals surface area contributed by atoms with Gasteiger partial charge in [0.15, 0.2) is 5.43 Å². The van der Waals surface area contributed by atoms with Crippen molar-refractivity contribution in [2.45, 2.75) is 20.3 Å². The second kappa shape index (κ2) is 9.26. The number of amides is 1. The molecule has 0 unspecified atom stereocenters. The molecule has 0 saturated heterocycles. The molecular formula is C25H22N4O3. The van der Waals surface area contributed by atoms with Crippen LogP contribution >= 0.6 is 0 Å². The van der Waals surface area contributed by atoms with Gasteiger partial charge in [-0.15, -0.1) is 0 Å². The van der Waals surface area contributed by atoms with Crippen LogP contribution in [-0.2, 0) is 11.2 Å². The Balaban J connectivity index is 1.53. The van der Waals surface area contributed by atoms with Crippen LogP contribution in [0.5, 0.6) is 0 Å². The first-order chi connectivity index (χ1) is 15.5. The molecule has 7 heteroatoms. The lowest BCUT2D eigenvalue weighted by Crippen LogP contribution is -2.11. The van der Waals surface area contributed by atoms with E-state index >= 15 is 0 Å². The molecule has 0 radical (unpaired) electrons. The summed E-state index contributed by atoms with van der Waals surface area (Å²) in [5.74, 6) is 0.323. The van der Waals surface area contributed by atoms with Crippen molar-refractivity contribution < 1.29 is 9.21 Å². The summed E-state index contributed by atoms with van der Waals surface area (Å²) >= 11 is 0. The van der Waals surface area contributed by atoms with E-state index in [1.165, 1.54) is 24.7 Å². The van der Waals surface area contributed by atoms with Gasteiger partial charge in [0, 0.05) is 29.2 Å². The van der Waals surface area contributed by atoms with Crippen molar-refractivity contribution in [2.75, 3.05) is 10.6 Å². The minimum absolute atomic E-state index is 0.184. The van der Waals surface area contributed by atoms with Crippen molar-refractivity contribution in [3.8, 4) is 0 Å². The molecule has 160 valence electrons. The molecule has 2 heterocycles. The largest absolute Gasteiger partial charge is 0.463 e. The van der Waals surface area contributed by atoms with Crippen LogP contribution < -0.4 is 16.1 Å². The van der Waals surface area contributed by atoms with Crippen LogP contribution in [0.15, 0.2) is 76.4 Å². The van der Waals surface area contributed by atoms with Crippen molar-refractivity contribution in [1.82, 2.24) is 9.97 Å². The molecule has 4 rings (SSSR count). The summed E-state index contributed by atoms with van der Waals surface area (Å²) in [7, 11) is 0. The molecular weight excluding hydrogens is 404 g/mol. The van der Waals surface area contributed by atoms with Gasteiger partial charge in [-0.25, -0.2) is 9.97 Å². The summed E-state index contributed by atoms with van der Waals surface area (Å²) in [5.41, 5.74) is 3.94. The Labute approximate surface area is 184 Å². The maximum Gasteiger partial charge on any atom is 0.248 e. The highest BCUT2D eigenvalue weighted by atomic mass is 16.3. The third-order valence-electron chi connectivity index (χ3n) is 4.95. The molecule has 2 aromatic carbocycles. The molecule has 4 aromatic rings. The van der Waals surface area contributed by atoms with Gasteiger partial charge in [0.1, 0.15) is 24.0 Å². The molecule has 1 amide bonds. The van der Waals surface area contributed by atoms with Gasteiger partial charge in [-0.05, 0) is 49.2 Å². The molecule has 32 heavy (non-hydrogen) atoms. The molecule has 0 aliphatic heterocycles. The highest BCUT2D eigenvalue weighted by molar-refractivity contribution is 6.02. The van der Waals surface area contributed by atoms with Crippen molar-refractivity contribution in [2.24, 2.45) is 0 Å². The Morgan fingerprint density at radius 1 is 1.12 bits per heavy atom. The van der Waals surface area contributed by atoms with Crippen molar-refractivity contribution in [3.05, 3.63) is 94.2 Å². The zero-order valence-corrected chi connectivity index (χ0v) is 17.8. The van der Waals surface area contributed by atoms with Crippen LogP contribution in [0.2, 0.25) is 0 Å². The van der Waals surface area contributed by atoms with Gasteiger partial charge in [0.2, 0.25) is 5.91 Å². The second-order valence-corrected chi connectivity index (χ2v) is 7.23. The first kappa shape index (κ1) is 21.0. The Hall–Kier alpha value is -4.26. The summed E-state index contributed by atoms with van der Waals surface area (Å²) in [6.45, 7) is 3.91. The number of aromatic nitrogens is 2. The fourth-order valence-corrected chi connectivity index (χ4v) is 3.30. The van der Waals surface area contributed by atoms with E-state index < -0.39 is 0 Å². The van der Waals surface area contributed by atoms with Crippen LogP contribution in [-0.4, -0.2) is 15.9 Å². The highest BCUT2D eigenvalue weighted by Crippen LogP contribution is 2.24. The lowest BCUT2D eigenvalue weighted by molar-refractivity contribution is -0.111. The van der Waals surface area contributed by atoms with Gasteiger partial charge in [-0.2, -0.15) is 0 Å². The number of nitrogens with zero attached hydrogens (tertiary/aromatic N) is 2. The summed E-state index contributed by atoms with van der Waals surface area (Å²) in [6, 6.07) is 14.6. The molecule has 0 bridgehead atoms. The number of benzene rings is 2. The average Bonchev–Trinajstić information content (AvgIpc) is 2.79. The third-order valence-corrected chi connectivity index (χ3v) is 4.95. The van der Waals surface area contributed by atoms with Gasteiger partial charge in [0.25, 0.3) is 0 Å². The molecule has 2 N–H and O–H groups in total. The second-order valence-electron chi connectivity index (χ2n) is 7.23. The fraction of sp³-hybridized carbons (Fsp3) is 0.120. The number of aryl methyl sites for hydroxylation is 2. The molecule has 0 saturated carbocycles. The first-order valence-electron chi connectivity index (χ1n) is 10.2. The Bertz CT molecular complexity index is 1380. The number of carbonyl (C=O) groups is 1. The van der Waals surface area contributed by atoms with E-state index in [-0.39, 0.29) is 11.3 Å². The highest BCUT2D eigenvalue weighted by Gasteiger charge is 2.08. The number of fused-ring (bicyclic) bond motifs is 1. The molecule has 0 fully saturated rings. The van der Waals surface area contributed by atoms with Crippen molar-refractivity contribution in [1.29, 1.82) is 0 Å². The van der Waals surface area contributed by atoms with Gasteiger partial charge >= 0.3 is 0 Å². The first-order valence-corrected chi connectivity index (χ1v) is 10.2. The van der Waals surface area contributed by atoms with Crippen molar-refractivity contribution >= 4 is 40.1 Å². The standard InChI is InChI=1S/C25H22N4O3/c1-3-17-8-10-19(28-23-12-16(2)26-15-27-23)13-21(17)29-24(30)11-9-18-14-32-22-7-5-4-6-20(22)25(18)31/h4-15H,3H2,1-2H3,(H,29,30)(H,26,27,28)/b11-9+. The van der Waals surface area contributed by atoms with Crippen LogP contribution in [0.1, 0.15) is 23.7 Å². The topological polar surface area (TPSA) is 97.1 Å². The van der Waals surface area contributed by atoms with Gasteiger partial charge in [-0.1, -0.05) is 25.1 Å². The molecule has 0 aliphatic rings. The van der Waals surface area contributed by atoms with Crippen LogP contribution in [0.25, 0.3) is 17.0 Å². The molecule has 2 aromatic heterocycles. The van der Waals surface area contributed by atoms with E-state index in [4.69, 9.17) is 4.42 Å². The monoisotopic (exact) mass is 426 g/mol. The van der Waals surface area contributed by atoms with Crippen LogP contribution in [0.4, 0.5) is 17.2 Å². The Kier molecular flexibility index (Phi) is 6.07. The summed E-state index contributed by atoms with van der Waals surface area (Å²) in [5, 5.41) is 6.59. The number of hydrogen-bond donors (Lipinski definition) is 2. The predicted octanol–water partition coefficient (Wildman–Crippen LogP) is 4.85. The number of para-hydroxylation sites is 1. The number of rotatable bonds is 6. The van der Waals surface area contributed by atoms with E-state index in [9.17, 15) is 9.59 Å². The van der Waals surface area contributed by atoms with E-state index in [1.807, 2.05) is 38.1 Å². The minimum atomic E-state index is -0.345. The number of hydrogen-bond acceptors (Lipinski definition) is 6. The molecule has 0 spiro atoms. The smallest absolute Gasteiger partial charge is 0.248 e. The number of carbonyl (C=O) groups excluding carboxylic acids is 1. The Morgan fingerprint density at radius 2 is 1.97 bits per heavy atom. The lowest BCUT2D eigenvalue weighted by atomic mass is 10.1. The summed E-state index contributed by atoms with van der Waals surface area (Å²) < 4.78 is 5.49. The Morgan fingerprint density at radius 3 is 2.78 bits per heavy atom. The van der Waals surface area contributed by atoms with Gasteiger partial charge < -0.3 is 15.1 Å². The maximum atomic E-state index is 12.6. The van der Waals surface area contributed by atoms with E-state index in [0.29, 0.717) is 28.0 Å². The molecule has 7 nitrogen and oxygen atoms in total. The summed E-state index contributed by atoms with van der Waals surface area (Å²) in [4.78, 5) is 33.4. The lowest BCUT2D eigenvalue weighted by Gasteiger charge is -2.12. The quantitative estimate of drug-likeness (QED) is 0.428. The predicted molar refractivity (Wildman–Crippen MR) is 126 cm³/mol. The molecule has 0 aliphatic carbocycles. The molecule has 0 atom stereocenters. The minimum Gasteiger partial charge on any atom is -0.463 e. The van der Waals surface area contributed by atoms with E-state index in [2.05, 4.69) is 20.6 Å². The van der Waals surface area contributed by atoms with E-state index in [0.717, 1.165) is 23.4 Å². The normalized spacial score (nSPS) is 11.1. The van der Waals surface area contributed by atoms with Gasteiger partial charge in [-0.3, -0.25) is 9.59 Å². The number of anilines is 3. The number of nitrogens with one attached hydrogen (secondary N) is 2. The van der Waals surface area contributed by atoms with Crippen LogP contribution in [0.3, 0.4) is 0 Å². The SMILES string of the molecule is CCc1ccc(Nc2cc(C)ncn2)cc1NC(=O)/C=C/c1coc2ccccc2c1=O. The van der Waals surface area contributed by atoms with Crippen molar-refractivity contribution in [3.63, 3.8) is 0 Å². The third kappa shape index (κ3) is 4.73. The summed E-state index contributed by atoms with van der Waals surface area (Å²) in [6.07, 6.45) is 6.40. The average molecular weight is 426 g/mol. The van der Waals surface area contributed by atoms with E-state index in [1.54, 1.807) is 24.3 Å². The zero-order valence-electron chi connectivity index (χ0n) is 17.8. The maximum absolute atomic E-state index is 12.6. The zero-order chi connectivity index (χ0) is 22.5. The van der Waals surface area contributed by atoms with Gasteiger partial charge in [0.05, 0.1) is 10.9 Å². The van der Waals surface area contributed by atoms with Crippen LogP contribution in [0, 0.1) is 6.92 Å². The fourth-order valence-electron chi connectivity index (χ4n) is 3.30.